The molecule has 1 aliphatic heterocycles. The van der Waals surface area contributed by atoms with E-state index in [2.05, 4.69) is 17.5 Å². The molecule has 5 nitrogen and oxygen atoms in total. The topological polar surface area (TPSA) is 66.5 Å². The number of aryl methyl sites for hydroxylation is 1. The third-order valence-electron chi connectivity index (χ3n) is 6.08. The summed E-state index contributed by atoms with van der Waals surface area (Å²) in [6.45, 7) is 3.80. The Morgan fingerprint density at radius 1 is 1.15 bits per heavy atom. The number of hydrogen-bond donors (Lipinski definition) is 1. The predicted octanol–water partition coefficient (Wildman–Crippen LogP) is 2.91. The summed E-state index contributed by atoms with van der Waals surface area (Å²) >= 11 is 0. The molecule has 3 aliphatic carbocycles. The second-order valence-corrected chi connectivity index (χ2v) is 7.67. The number of benzene rings is 1. The zero-order valence-electron chi connectivity index (χ0n) is 15.1. The number of imide groups is 1. The molecular formula is C21H24N2O3. The van der Waals surface area contributed by atoms with Gasteiger partial charge in [0.2, 0.25) is 17.7 Å². The van der Waals surface area contributed by atoms with Crippen LogP contribution in [0.3, 0.4) is 0 Å². The van der Waals surface area contributed by atoms with Crippen LogP contribution in [0.1, 0.15) is 31.7 Å². The van der Waals surface area contributed by atoms with Gasteiger partial charge in [-0.1, -0.05) is 31.2 Å². The van der Waals surface area contributed by atoms with Crippen molar-refractivity contribution in [3.63, 3.8) is 0 Å². The first-order chi connectivity index (χ1) is 12.5. The molecule has 4 aliphatic rings. The Hall–Kier alpha value is -2.43. The van der Waals surface area contributed by atoms with Gasteiger partial charge in [0.25, 0.3) is 0 Å². The highest BCUT2D eigenvalue weighted by Crippen LogP contribution is 2.50. The number of hydrogen-bond acceptors (Lipinski definition) is 3. The molecule has 1 saturated heterocycles. The lowest BCUT2D eigenvalue weighted by molar-refractivity contribution is -0.146. The van der Waals surface area contributed by atoms with Crippen molar-refractivity contribution in [3.05, 3.63) is 42.0 Å². The van der Waals surface area contributed by atoms with E-state index in [9.17, 15) is 14.4 Å². The number of rotatable bonds is 4. The maximum absolute atomic E-state index is 13.0. The van der Waals surface area contributed by atoms with Gasteiger partial charge in [-0.2, -0.15) is 0 Å². The van der Waals surface area contributed by atoms with Crippen LogP contribution in [-0.4, -0.2) is 28.7 Å². The summed E-state index contributed by atoms with van der Waals surface area (Å²) in [6, 6.07) is 6.77. The van der Waals surface area contributed by atoms with Gasteiger partial charge in [0.05, 0.1) is 11.8 Å². The highest BCUT2D eigenvalue weighted by Gasteiger charge is 2.58. The lowest BCUT2D eigenvalue weighted by atomic mass is 9.63. The molecule has 1 heterocycles. The number of carbonyl (C=O) groups excluding carboxylic acids is 3. The highest BCUT2D eigenvalue weighted by molar-refractivity contribution is 6.10. The minimum Gasteiger partial charge on any atom is -0.324 e. The summed E-state index contributed by atoms with van der Waals surface area (Å²) in [4.78, 5) is 40.2. The molecule has 136 valence electrons. The third-order valence-corrected chi connectivity index (χ3v) is 6.08. The number of amides is 3. The van der Waals surface area contributed by atoms with Crippen LogP contribution in [-0.2, 0) is 14.4 Å². The van der Waals surface area contributed by atoms with Gasteiger partial charge >= 0.3 is 0 Å². The van der Waals surface area contributed by atoms with Crippen molar-refractivity contribution >= 4 is 23.4 Å². The summed E-state index contributed by atoms with van der Waals surface area (Å²) in [7, 11) is 0. The summed E-state index contributed by atoms with van der Waals surface area (Å²) in [5, 5.41) is 2.87. The van der Waals surface area contributed by atoms with E-state index >= 15 is 0 Å². The van der Waals surface area contributed by atoms with Crippen LogP contribution in [0, 0.1) is 30.6 Å². The van der Waals surface area contributed by atoms with Crippen molar-refractivity contribution in [1.82, 2.24) is 4.90 Å². The number of fused-ring (bicyclic) bond motifs is 1. The molecule has 5 heteroatoms. The van der Waals surface area contributed by atoms with E-state index in [1.165, 1.54) is 4.90 Å². The Balaban J connectivity index is 1.58. The first-order valence-corrected chi connectivity index (χ1v) is 9.44. The molecule has 0 unspecified atom stereocenters. The number of nitrogens with zero attached hydrogens (tertiary/aromatic N) is 1. The van der Waals surface area contributed by atoms with Gasteiger partial charge in [0.1, 0.15) is 6.04 Å². The minimum absolute atomic E-state index is 0.142. The van der Waals surface area contributed by atoms with Gasteiger partial charge < -0.3 is 5.32 Å². The van der Waals surface area contributed by atoms with Crippen molar-refractivity contribution in [2.45, 2.75) is 39.2 Å². The maximum atomic E-state index is 13.0. The lowest BCUT2D eigenvalue weighted by Crippen LogP contribution is -2.47. The Morgan fingerprint density at radius 2 is 1.77 bits per heavy atom. The standard InChI is InChI=1S/C21H24N2O3/c1-3-16(19(24)22-15-6-4-5-12(2)11-15)23-20(25)17-13-7-8-14(10-9-13)18(17)21(23)26/h4-8,11,13-14,16-18H,3,9-10H2,1-2H3,(H,22,24)/t13-,14-,16-,17-,18+/m0/s1. The molecular weight excluding hydrogens is 328 g/mol. The summed E-state index contributed by atoms with van der Waals surface area (Å²) in [5.41, 5.74) is 1.73. The third kappa shape index (κ3) is 2.57. The summed E-state index contributed by atoms with van der Waals surface area (Å²) < 4.78 is 0. The molecule has 0 aromatic heterocycles. The number of anilines is 1. The second kappa shape index (κ2) is 6.38. The average Bonchev–Trinajstić information content (AvgIpc) is 2.91. The molecule has 5 atom stereocenters. The molecule has 1 N–H and O–H groups in total. The van der Waals surface area contributed by atoms with Crippen molar-refractivity contribution in [3.8, 4) is 0 Å². The van der Waals surface area contributed by atoms with Gasteiger partial charge in [0, 0.05) is 5.69 Å². The smallest absolute Gasteiger partial charge is 0.247 e. The van der Waals surface area contributed by atoms with Crippen molar-refractivity contribution in [1.29, 1.82) is 0 Å². The van der Waals surface area contributed by atoms with Gasteiger partial charge in [-0.3, -0.25) is 19.3 Å². The van der Waals surface area contributed by atoms with Crippen LogP contribution in [0.2, 0.25) is 0 Å². The maximum Gasteiger partial charge on any atom is 0.247 e. The van der Waals surface area contributed by atoms with Gasteiger partial charge in [-0.15, -0.1) is 0 Å². The van der Waals surface area contributed by atoms with Crippen molar-refractivity contribution in [2.24, 2.45) is 23.7 Å². The fraction of sp³-hybridized carbons (Fsp3) is 0.476. The zero-order valence-corrected chi connectivity index (χ0v) is 15.1. The molecule has 1 aromatic carbocycles. The van der Waals surface area contributed by atoms with Crippen molar-refractivity contribution in [2.75, 3.05) is 5.32 Å². The van der Waals surface area contributed by atoms with E-state index < -0.39 is 6.04 Å². The fourth-order valence-electron chi connectivity index (χ4n) is 4.84. The van der Waals surface area contributed by atoms with Gasteiger partial charge in [0.15, 0.2) is 0 Å². The van der Waals surface area contributed by atoms with Gasteiger partial charge in [-0.25, -0.2) is 0 Å². The monoisotopic (exact) mass is 352 g/mol. The number of allylic oxidation sites excluding steroid dienone is 2. The Labute approximate surface area is 153 Å². The first kappa shape index (κ1) is 17.0. The Bertz CT molecular complexity index is 768. The van der Waals surface area contributed by atoms with Gasteiger partial charge in [-0.05, 0) is 55.7 Å². The lowest BCUT2D eigenvalue weighted by Gasteiger charge is -2.38. The van der Waals surface area contributed by atoms with Crippen LogP contribution in [0.15, 0.2) is 36.4 Å². The number of likely N-dealkylation sites (tertiary alicyclic amines) is 1. The van der Waals surface area contributed by atoms with E-state index in [0.29, 0.717) is 12.1 Å². The van der Waals surface area contributed by atoms with E-state index in [1.807, 2.05) is 38.1 Å². The first-order valence-electron chi connectivity index (χ1n) is 9.44. The molecule has 1 aromatic rings. The van der Waals surface area contributed by atoms with Crippen LogP contribution in [0.5, 0.6) is 0 Å². The molecule has 0 radical (unpaired) electrons. The Kier molecular flexibility index (Phi) is 4.17. The second-order valence-electron chi connectivity index (χ2n) is 7.67. The van der Waals surface area contributed by atoms with E-state index in [4.69, 9.17) is 0 Å². The molecule has 2 bridgehead atoms. The normalized spacial score (nSPS) is 30.5. The van der Waals surface area contributed by atoms with E-state index in [-0.39, 0.29) is 41.4 Å². The molecule has 2 fully saturated rings. The zero-order chi connectivity index (χ0) is 18.4. The van der Waals surface area contributed by atoms with Crippen LogP contribution < -0.4 is 5.32 Å². The van der Waals surface area contributed by atoms with Crippen LogP contribution >= 0.6 is 0 Å². The highest BCUT2D eigenvalue weighted by atomic mass is 16.2. The van der Waals surface area contributed by atoms with Crippen LogP contribution in [0.4, 0.5) is 5.69 Å². The summed E-state index contributed by atoms with van der Waals surface area (Å²) in [5.74, 6) is -0.874. The largest absolute Gasteiger partial charge is 0.324 e. The summed E-state index contributed by atoms with van der Waals surface area (Å²) in [6.07, 6.45) is 6.52. The molecule has 1 saturated carbocycles. The van der Waals surface area contributed by atoms with Crippen LogP contribution in [0.25, 0.3) is 0 Å². The molecule has 0 spiro atoms. The number of carbonyl (C=O) groups is 3. The predicted molar refractivity (Wildman–Crippen MR) is 98.1 cm³/mol. The molecule has 5 rings (SSSR count). The van der Waals surface area contributed by atoms with E-state index in [1.54, 1.807) is 0 Å². The van der Waals surface area contributed by atoms with Crippen molar-refractivity contribution < 1.29 is 14.4 Å². The molecule has 3 amide bonds. The average molecular weight is 352 g/mol. The van der Waals surface area contributed by atoms with E-state index in [0.717, 1.165) is 18.4 Å². The minimum atomic E-state index is -0.750. The Morgan fingerprint density at radius 3 is 2.27 bits per heavy atom. The molecule has 26 heavy (non-hydrogen) atoms. The SMILES string of the molecule is CC[C@@H](C(=O)Nc1cccc(C)c1)N1C(=O)[C@@H]2[C@H](C1=O)[C@H]1C=C[C@H]2CC1. The fourth-order valence-corrected chi connectivity index (χ4v) is 4.84. The quantitative estimate of drug-likeness (QED) is 0.669. The number of nitrogens with one attached hydrogen (secondary N) is 1.